The summed E-state index contributed by atoms with van der Waals surface area (Å²) >= 11 is 1.45. The number of amides is 2. The zero-order valence-corrected chi connectivity index (χ0v) is 14.8. The molecule has 26 heavy (non-hydrogen) atoms. The highest BCUT2D eigenvalue weighted by molar-refractivity contribution is 7.15. The minimum Gasteiger partial charge on any atom is -0.482 e. The van der Waals surface area contributed by atoms with Gasteiger partial charge in [0, 0.05) is 16.6 Å². The number of fused-ring (bicyclic) bond motifs is 1. The molecule has 1 aliphatic rings. The van der Waals surface area contributed by atoms with Crippen LogP contribution in [-0.4, -0.2) is 38.6 Å². The number of anilines is 2. The van der Waals surface area contributed by atoms with Crippen molar-refractivity contribution in [3.05, 3.63) is 40.5 Å². The van der Waals surface area contributed by atoms with Crippen molar-refractivity contribution >= 4 is 34.5 Å². The molecule has 0 fully saturated rings. The summed E-state index contributed by atoms with van der Waals surface area (Å²) in [5.74, 6) is 0.0446. The molecule has 132 valence electrons. The van der Waals surface area contributed by atoms with Crippen molar-refractivity contribution in [3.63, 3.8) is 0 Å². The molecule has 9 nitrogen and oxygen atoms in total. The van der Waals surface area contributed by atoms with Gasteiger partial charge in [-0.05, 0) is 42.0 Å². The number of aromatic nitrogens is 4. The van der Waals surface area contributed by atoms with E-state index < -0.39 is 0 Å². The number of aryl methyl sites for hydroxylation is 1. The van der Waals surface area contributed by atoms with E-state index in [2.05, 4.69) is 26.2 Å². The van der Waals surface area contributed by atoms with Crippen molar-refractivity contribution in [2.75, 3.05) is 17.2 Å². The Labute approximate surface area is 152 Å². The lowest BCUT2D eigenvalue weighted by molar-refractivity contribution is -0.118. The average Bonchev–Trinajstić information content (AvgIpc) is 3.24. The molecule has 0 saturated heterocycles. The maximum Gasteiger partial charge on any atom is 0.262 e. The Bertz CT molecular complexity index is 1010. The van der Waals surface area contributed by atoms with Crippen LogP contribution in [0.2, 0.25) is 0 Å². The van der Waals surface area contributed by atoms with Crippen LogP contribution >= 0.6 is 11.3 Å². The van der Waals surface area contributed by atoms with E-state index in [0.29, 0.717) is 27.7 Å². The SMILES string of the molecule is Cc1sc(-n2cnnn2)c(C(=O)Nc2ccc3c(c2)OCC(=O)N3)c1C. The van der Waals surface area contributed by atoms with Crippen LogP contribution in [0.3, 0.4) is 0 Å². The smallest absolute Gasteiger partial charge is 0.262 e. The number of rotatable bonds is 3. The molecule has 10 heteroatoms. The summed E-state index contributed by atoms with van der Waals surface area (Å²) < 4.78 is 6.86. The highest BCUT2D eigenvalue weighted by Gasteiger charge is 2.22. The van der Waals surface area contributed by atoms with Gasteiger partial charge in [0.25, 0.3) is 11.8 Å². The van der Waals surface area contributed by atoms with Crippen molar-refractivity contribution in [2.24, 2.45) is 0 Å². The maximum absolute atomic E-state index is 12.9. The van der Waals surface area contributed by atoms with Gasteiger partial charge in [0.05, 0.1) is 11.3 Å². The molecular formula is C16H14N6O3S. The van der Waals surface area contributed by atoms with Crippen LogP contribution in [0.25, 0.3) is 5.00 Å². The molecule has 2 N–H and O–H groups in total. The molecule has 0 atom stereocenters. The fourth-order valence-corrected chi connectivity index (χ4v) is 3.71. The summed E-state index contributed by atoms with van der Waals surface area (Å²) in [7, 11) is 0. The van der Waals surface area contributed by atoms with Crippen LogP contribution in [0.4, 0.5) is 11.4 Å². The third kappa shape index (κ3) is 2.80. The Morgan fingerprint density at radius 2 is 2.23 bits per heavy atom. The predicted octanol–water partition coefficient (Wildman–Crippen LogP) is 1.92. The average molecular weight is 370 g/mol. The molecule has 2 aromatic heterocycles. The lowest BCUT2D eigenvalue weighted by atomic mass is 10.1. The van der Waals surface area contributed by atoms with Gasteiger partial charge in [0.1, 0.15) is 17.1 Å². The van der Waals surface area contributed by atoms with E-state index >= 15 is 0 Å². The third-order valence-electron chi connectivity index (χ3n) is 4.02. The first-order valence-electron chi connectivity index (χ1n) is 7.74. The Balaban J connectivity index is 1.65. The first kappa shape index (κ1) is 16.2. The van der Waals surface area contributed by atoms with Gasteiger partial charge in [-0.1, -0.05) is 0 Å². The lowest BCUT2D eigenvalue weighted by Gasteiger charge is -2.18. The summed E-state index contributed by atoms with van der Waals surface area (Å²) in [6, 6.07) is 5.07. The molecule has 0 saturated carbocycles. The van der Waals surface area contributed by atoms with E-state index in [4.69, 9.17) is 4.74 Å². The van der Waals surface area contributed by atoms with Crippen LogP contribution in [-0.2, 0) is 4.79 Å². The molecule has 1 aliphatic heterocycles. The number of hydrogen-bond donors (Lipinski definition) is 2. The molecule has 0 radical (unpaired) electrons. The minimum absolute atomic E-state index is 0.0450. The third-order valence-corrected chi connectivity index (χ3v) is 5.22. The number of tetrazole rings is 1. The van der Waals surface area contributed by atoms with Gasteiger partial charge < -0.3 is 15.4 Å². The van der Waals surface area contributed by atoms with Gasteiger partial charge in [0.15, 0.2) is 6.61 Å². The normalized spacial score (nSPS) is 12.9. The molecule has 4 rings (SSSR count). The molecule has 3 aromatic rings. The van der Waals surface area contributed by atoms with E-state index in [1.54, 1.807) is 18.2 Å². The van der Waals surface area contributed by atoms with E-state index in [-0.39, 0.29) is 18.4 Å². The highest BCUT2D eigenvalue weighted by Crippen LogP contribution is 2.33. The van der Waals surface area contributed by atoms with Gasteiger partial charge in [-0.2, -0.15) is 4.68 Å². The molecule has 1 aromatic carbocycles. The van der Waals surface area contributed by atoms with Gasteiger partial charge >= 0.3 is 0 Å². The molecule has 2 amide bonds. The summed E-state index contributed by atoms with van der Waals surface area (Å²) in [6.07, 6.45) is 1.46. The number of nitrogens with zero attached hydrogens (tertiary/aromatic N) is 4. The van der Waals surface area contributed by atoms with E-state index in [9.17, 15) is 9.59 Å². The number of carbonyl (C=O) groups is 2. The zero-order valence-electron chi connectivity index (χ0n) is 13.9. The molecular weight excluding hydrogens is 356 g/mol. The second kappa shape index (κ2) is 6.23. The van der Waals surface area contributed by atoms with Gasteiger partial charge in [-0.25, -0.2) is 0 Å². The highest BCUT2D eigenvalue weighted by atomic mass is 32.1. The van der Waals surface area contributed by atoms with E-state index in [0.717, 1.165) is 10.4 Å². The molecule has 0 aliphatic carbocycles. The molecule has 3 heterocycles. The maximum atomic E-state index is 12.9. The largest absolute Gasteiger partial charge is 0.482 e. The Morgan fingerprint density at radius 1 is 1.38 bits per heavy atom. The number of carbonyl (C=O) groups excluding carboxylic acids is 2. The Kier molecular flexibility index (Phi) is 3.88. The second-order valence-corrected chi connectivity index (χ2v) is 6.92. The first-order chi connectivity index (χ1) is 12.5. The van der Waals surface area contributed by atoms with Crippen LogP contribution in [0.5, 0.6) is 5.75 Å². The Morgan fingerprint density at radius 3 is 3.00 bits per heavy atom. The summed E-state index contributed by atoms with van der Waals surface area (Å²) in [5.41, 5.74) is 2.54. The number of ether oxygens (including phenoxy) is 1. The van der Waals surface area contributed by atoms with Gasteiger partial charge in [-0.3, -0.25) is 9.59 Å². The van der Waals surface area contributed by atoms with Gasteiger partial charge in [0.2, 0.25) is 0 Å². The quantitative estimate of drug-likeness (QED) is 0.729. The first-order valence-corrected chi connectivity index (χ1v) is 8.56. The van der Waals surface area contributed by atoms with Crippen molar-refractivity contribution in [1.82, 2.24) is 20.2 Å². The summed E-state index contributed by atoms with van der Waals surface area (Å²) in [5, 5.41) is 17.4. The minimum atomic E-state index is -0.267. The van der Waals surface area contributed by atoms with Crippen molar-refractivity contribution < 1.29 is 14.3 Å². The summed E-state index contributed by atoms with van der Waals surface area (Å²) in [4.78, 5) is 25.2. The standard InChI is InChI=1S/C16H14N6O3S/c1-8-9(2)26-16(22-7-17-20-21-22)14(8)15(24)18-10-3-4-11-12(5-10)25-6-13(23)19-11/h3-5,7H,6H2,1-2H3,(H,18,24)(H,19,23). The van der Waals surface area contributed by atoms with Crippen LogP contribution in [0, 0.1) is 13.8 Å². The molecule has 0 bridgehead atoms. The van der Waals surface area contributed by atoms with Crippen LogP contribution in [0.15, 0.2) is 24.5 Å². The Hall–Kier alpha value is -3.27. The van der Waals surface area contributed by atoms with Crippen LogP contribution in [0.1, 0.15) is 20.8 Å². The monoisotopic (exact) mass is 370 g/mol. The number of nitrogens with one attached hydrogen (secondary N) is 2. The van der Waals surface area contributed by atoms with E-state index in [1.807, 2.05) is 13.8 Å². The lowest BCUT2D eigenvalue weighted by Crippen LogP contribution is -2.25. The van der Waals surface area contributed by atoms with Gasteiger partial charge in [-0.15, -0.1) is 16.4 Å². The molecule has 0 unspecified atom stereocenters. The number of hydrogen-bond acceptors (Lipinski definition) is 7. The van der Waals surface area contributed by atoms with E-state index in [1.165, 1.54) is 22.3 Å². The molecule has 0 spiro atoms. The predicted molar refractivity (Wildman–Crippen MR) is 95.0 cm³/mol. The van der Waals surface area contributed by atoms with Crippen molar-refractivity contribution in [2.45, 2.75) is 13.8 Å². The topological polar surface area (TPSA) is 111 Å². The fourth-order valence-electron chi connectivity index (χ4n) is 2.64. The zero-order chi connectivity index (χ0) is 18.3. The second-order valence-electron chi connectivity index (χ2n) is 5.72. The van der Waals surface area contributed by atoms with Crippen LogP contribution < -0.4 is 15.4 Å². The summed E-state index contributed by atoms with van der Waals surface area (Å²) in [6.45, 7) is 3.79. The number of benzene rings is 1. The fraction of sp³-hybridized carbons (Fsp3) is 0.188. The number of thiophene rings is 1. The van der Waals surface area contributed by atoms with Crippen molar-refractivity contribution in [3.8, 4) is 10.8 Å². The van der Waals surface area contributed by atoms with Crippen molar-refractivity contribution in [1.29, 1.82) is 0 Å².